The smallest absolute Gasteiger partial charge is 0.00254 e. The summed E-state index contributed by atoms with van der Waals surface area (Å²) in [6.45, 7) is 12.9. The third-order valence-corrected chi connectivity index (χ3v) is 8.22. The molecule has 3 aromatic carbocycles. The zero-order chi connectivity index (χ0) is 25.1. The van der Waals surface area contributed by atoms with E-state index in [0.29, 0.717) is 11.8 Å². The molecular weight excluding hydrogens is 432 g/mol. The van der Waals surface area contributed by atoms with Crippen LogP contribution in [0.4, 0.5) is 0 Å². The minimum Gasteiger partial charge on any atom is -0.0953 e. The molecule has 0 saturated heterocycles. The number of rotatable bonds is 8. The first-order valence-electron chi connectivity index (χ1n) is 13.9. The van der Waals surface area contributed by atoms with Gasteiger partial charge in [0, 0.05) is 0 Å². The average molecular weight is 473 g/mol. The van der Waals surface area contributed by atoms with E-state index in [1.165, 1.54) is 71.0 Å². The van der Waals surface area contributed by atoms with Gasteiger partial charge in [-0.3, -0.25) is 0 Å². The Balaban J connectivity index is 1.42. The van der Waals surface area contributed by atoms with E-state index in [4.69, 9.17) is 0 Å². The molecule has 0 nitrogen and oxygen atoms in total. The van der Waals surface area contributed by atoms with Crippen molar-refractivity contribution in [2.24, 2.45) is 5.92 Å². The fourth-order valence-electron chi connectivity index (χ4n) is 5.97. The molecule has 0 aliphatic heterocycles. The second kappa shape index (κ2) is 10.9. The normalized spacial score (nSPS) is 15.3. The Morgan fingerprint density at radius 3 is 2.36 bits per heavy atom. The van der Waals surface area contributed by atoms with E-state index >= 15 is 0 Å². The molecule has 36 heavy (non-hydrogen) atoms. The van der Waals surface area contributed by atoms with Gasteiger partial charge in [0.2, 0.25) is 0 Å². The zero-order valence-electron chi connectivity index (χ0n) is 22.2. The zero-order valence-corrected chi connectivity index (χ0v) is 22.2. The maximum absolute atomic E-state index is 4.27. The molecule has 0 heteroatoms. The van der Waals surface area contributed by atoms with Gasteiger partial charge in [-0.2, -0.15) is 0 Å². The third-order valence-electron chi connectivity index (χ3n) is 8.22. The standard InChI is InChI=1S/C36H40/c1-25(2)27(4)26(3)20-28-16-18-29(19-17-28)21-30-22-33(31-10-6-5-7-11-31)24-34(23-30)36-15-9-13-32-12-8-14-35(32)36/h8-9,13-19,22-25,31H,3-7,10-12,20-21H2,1-2H3. The molecule has 184 valence electrons. The first-order valence-corrected chi connectivity index (χ1v) is 13.9. The van der Waals surface area contributed by atoms with E-state index in [1.54, 1.807) is 5.56 Å². The molecule has 0 spiro atoms. The van der Waals surface area contributed by atoms with Crippen LogP contribution in [-0.2, 0) is 19.3 Å². The lowest BCUT2D eigenvalue weighted by Crippen LogP contribution is -2.06. The number of fused-ring (bicyclic) bond motifs is 1. The second-order valence-electron chi connectivity index (χ2n) is 11.2. The van der Waals surface area contributed by atoms with Gasteiger partial charge in [0.15, 0.2) is 0 Å². The van der Waals surface area contributed by atoms with Crippen LogP contribution in [0.1, 0.15) is 85.3 Å². The predicted octanol–water partition coefficient (Wildman–Crippen LogP) is 9.87. The van der Waals surface area contributed by atoms with Crippen LogP contribution in [0.15, 0.2) is 91.0 Å². The SMILES string of the molecule is C=C(Cc1ccc(Cc2cc(-c3cccc4c3C=CC4)cc(C3CCCCC3)c2)cc1)C(=C)C(C)C. The van der Waals surface area contributed by atoms with Crippen LogP contribution in [0.5, 0.6) is 0 Å². The molecule has 0 aromatic heterocycles. The number of hydrogen-bond donors (Lipinski definition) is 0. The van der Waals surface area contributed by atoms with Crippen LogP contribution in [-0.4, -0.2) is 0 Å². The monoisotopic (exact) mass is 472 g/mol. The molecule has 2 aliphatic carbocycles. The lowest BCUT2D eigenvalue weighted by atomic mass is 9.81. The van der Waals surface area contributed by atoms with Crippen molar-refractivity contribution in [3.63, 3.8) is 0 Å². The minimum absolute atomic E-state index is 0.448. The molecular formula is C36H40. The summed E-state index contributed by atoms with van der Waals surface area (Å²) in [6, 6.07) is 23.4. The van der Waals surface area contributed by atoms with Gasteiger partial charge in [-0.1, -0.05) is 119 Å². The Hall–Kier alpha value is -3.12. The Bertz CT molecular complexity index is 1280. The summed E-state index contributed by atoms with van der Waals surface area (Å²) < 4.78 is 0. The van der Waals surface area contributed by atoms with Crippen molar-refractivity contribution in [1.29, 1.82) is 0 Å². The fraction of sp³-hybridized carbons (Fsp3) is 0.333. The molecule has 0 N–H and O–H groups in total. The Kier molecular flexibility index (Phi) is 7.42. The quantitative estimate of drug-likeness (QED) is 0.286. The van der Waals surface area contributed by atoms with Crippen LogP contribution in [0.25, 0.3) is 17.2 Å². The lowest BCUT2D eigenvalue weighted by molar-refractivity contribution is 0.443. The molecule has 0 amide bonds. The molecule has 1 fully saturated rings. The van der Waals surface area contributed by atoms with Crippen LogP contribution < -0.4 is 0 Å². The summed E-state index contributed by atoms with van der Waals surface area (Å²) in [5.41, 5.74) is 13.6. The molecule has 2 aliphatic rings. The van der Waals surface area contributed by atoms with Gasteiger partial charge in [0.1, 0.15) is 0 Å². The summed E-state index contributed by atoms with van der Waals surface area (Å²) in [4.78, 5) is 0. The van der Waals surface area contributed by atoms with Crippen LogP contribution in [0.2, 0.25) is 0 Å². The molecule has 5 rings (SSSR count). The Morgan fingerprint density at radius 1 is 0.861 bits per heavy atom. The fourth-order valence-corrected chi connectivity index (χ4v) is 5.97. The first-order chi connectivity index (χ1) is 17.5. The van der Waals surface area contributed by atoms with E-state index in [1.807, 2.05) is 0 Å². The summed E-state index contributed by atoms with van der Waals surface area (Å²) >= 11 is 0. The van der Waals surface area contributed by atoms with Gasteiger partial charge in [-0.15, -0.1) is 0 Å². The van der Waals surface area contributed by atoms with E-state index in [0.717, 1.165) is 30.4 Å². The first kappa shape index (κ1) is 24.6. The highest BCUT2D eigenvalue weighted by molar-refractivity contribution is 5.80. The van der Waals surface area contributed by atoms with Crippen LogP contribution in [0, 0.1) is 5.92 Å². The van der Waals surface area contributed by atoms with Crippen LogP contribution >= 0.6 is 0 Å². The topological polar surface area (TPSA) is 0 Å². The molecule has 0 bridgehead atoms. The van der Waals surface area contributed by atoms with E-state index in [-0.39, 0.29) is 0 Å². The maximum Gasteiger partial charge on any atom is -0.00254 e. The summed E-state index contributed by atoms with van der Waals surface area (Å²) in [5, 5.41) is 0. The lowest BCUT2D eigenvalue weighted by Gasteiger charge is -2.24. The van der Waals surface area contributed by atoms with Crippen molar-refractivity contribution in [2.45, 2.75) is 71.1 Å². The van der Waals surface area contributed by atoms with Gasteiger partial charge in [0.05, 0.1) is 0 Å². The van der Waals surface area contributed by atoms with Gasteiger partial charge in [-0.05, 0) is 99.6 Å². The van der Waals surface area contributed by atoms with Crippen molar-refractivity contribution < 1.29 is 0 Å². The van der Waals surface area contributed by atoms with Crippen molar-refractivity contribution in [2.75, 3.05) is 0 Å². The number of benzene rings is 3. The Morgan fingerprint density at radius 2 is 1.61 bits per heavy atom. The molecule has 0 heterocycles. The molecule has 0 atom stereocenters. The largest absolute Gasteiger partial charge is 0.0953 e. The van der Waals surface area contributed by atoms with Gasteiger partial charge in [0.25, 0.3) is 0 Å². The summed E-state index contributed by atoms with van der Waals surface area (Å²) in [7, 11) is 0. The predicted molar refractivity (Wildman–Crippen MR) is 157 cm³/mol. The van der Waals surface area contributed by atoms with Crippen molar-refractivity contribution in [3.8, 4) is 11.1 Å². The minimum atomic E-state index is 0.448. The van der Waals surface area contributed by atoms with Crippen molar-refractivity contribution >= 4 is 6.08 Å². The number of allylic oxidation sites excluding steroid dienone is 3. The Labute approximate surface area is 218 Å². The van der Waals surface area contributed by atoms with Gasteiger partial charge >= 0.3 is 0 Å². The van der Waals surface area contributed by atoms with Crippen molar-refractivity contribution in [1.82, 2.24) is 0 Å². The maximum atomic E-state index is 4.27. The van der Waals surface area contributed by atoms with Crippen LogP contribution in [0.3, 0.4) is 0 Å². The van der Waals surface area contributed by atoms with E-state index in [9.17, 15) is 0 Å². The third kappa shape index (κ3) is 5.49. The summed E-state index contributed by atoms with van der Waals surface area (Å²) in [5.74, 6) is 1.15. The van der Waals surface area contributed by atoms with Crippen molar-refractivity contribution in [3.05, 3.63) is 124 Å². The van der Waals surface area contributed by atoms with E-state index in [2.05, 4.69) is 99.8 Å². The molecule has 0 radical (unpaired) electrons. The van der Waals surface area contributed by atoms with Gasteiger partial charge in [-0.25, -0.2) is 0 Å². The second-order valence-corrected chi connectivity index (χ2v) is 11.2. The molecule has 3 aromatic rings. The highest BCUT2D eigenvalue weighted by Gasteiger charge is 2.19. The molecule has 0 unspecified atom stereocenters. The van der Waals surface area contributed by atoms with E-state index < -0.39 is 0 Å². The molecule has 1 saturated carbocycles. The number of hydrogen-bond acceptors (Lipinski definition) is 0. The highest BCUT2D eigenvalue weighted by atomic mass is 14.2. The van der Waals surface area contributed by atoms with Gasteiger partial charge < -0.3 is 0 Å². The summed E-state index contributed by atoms with van der Waals surface area (Å²) in [6.07, 6.45) is 14.3. The average Bonchev–Trinajstić information content (AvgIpc) is 3.39. The highest BCUT2D eigenvalue weighted by Crippen LogP contribution is 2.38.